The number of hydrogen-bond acceptors (Lipinski definition) is 1. The van der Waals surface area contributed by atoms with Crippen molar-refractivity contribution in [2.24, 2.45) is 0 Å². The van der Waals surface area contributed by atoms with Crippen LogP contribution in [0.2, 0.25) is 10.0 Å². The summed E-state index contributed by atoms with van der Waals surface area (Å²) < 4.78 is 0. The minimum Gasteiger partial charge on any atom is -0.332 e. The average molecular weight is 339 g/mol. The van der Waals surface area contributed by atoms with Gasteiger partial charge in [0.2, 0.25) is 0 Å². The van der Waals surface area contributed by atoms with Gasteiger partial charge in [0.05, 0.1) is 15.7 Å². The van der Waals surface area contributed by atoms with Crippen LogP contribution in [0.4, 0.5) is 11.4 Å². The van der Waals surface area contributed by atoms with Gasteiger partial charge in [-0.1, -0.05) is 55.2 Å². The Labute approximate surface area is 140 Å². The zero-order valence-electron chi connectivity index (χ0n) is 11.8. The Hall–Kier alpha value is -1.29. The van der Waals surface area contributed by atoms with E-state index in [2.05, 4.69) is 36.6 Å². The third-order valence-electron chi connectivity index (χ3n) is 3.01. The van der Waals surface area contributed by atoms with Crippen molar-refractivity contribution in [1.82, 2.24) is 0 Å². The van der Waals surface area contributed by atoms with Crippen LogP contribution in [-0.4, -0.2) is 5.11 Å². The van der Waals surface area contributed by atoms with E-state index in [0.29, 0.717) is 26.8 Å². The molecule has 2 nitrogen and oxygen atoms in total. The van der Waals surface area contributed by atoms with E-state index in [1.54, 1.807) is 6.07 Å². The Morgan fingerprint density at radius 1 is 1.05 bits per heavy atom. The van der Waals surface area contributed by atoms with Gasteiger partial charge in [-0.3, -0.25) is 0 Å². The first-order chi connectivity index (χ1) is 9.97. The van der Waals surface area contributed by atoms with E-state index >= 15 is 0 Å². The lowest BCUT2D eigenvalue weighted by Gasteiger charge is -2.14. The Kier molecular flexibility index (Phi) is 5.45. The maximum absolute atomic E-state index is 6.13. The smallest absolute Gasteiger partial charge is 0.175 e. The monoisotopic (exact) mass is 338 g/mol. The van der Waals surface area contributed by atoms with Crippen molar-refractivity contribution >= 4 is 51.9 Å². The van der Waals surface area contributed by atoms with Crippen molar-refractivity contribution in [2.75, 3.05) is 10.6 Å². The normalized spacial score (nSPS) is 10.5. The second-order valence-corrected chi connectivity index (χ2v) is 6.15. The topological polar surface area (TPSA) is 24.1 Å². The van der Waals surface area contributed by atoms with Gasteiger partial charge < -0.3 is 10.6 Å². The van der Waals surface area contributed by atoms with Gasteiger partial charge in [0.25, 0.3) is 0 Å². The highest BCUT2D eigenvalue weighted by atomic mass is 35.5. The molecule has 2 aromatic carbocycles. The molecule has 0 amide bonds. The highest BCUT2D eigenvalue weighted by Crippen LogP contribution is 2.29. The standard InChI is InChI=1S/C16H16Cl2N2S/c1-10(2)11-5-3-6-12(9-11)19-16(21)20-14-8-4-7-13(17)15(14)18/h3-10H,1-2H3,(H2,19,20,21). The first kappa shape index (κ1) is 16.1. The Balaban J connectivity index is 2.08. The number of nitrogens with one attached hydrogen (secondary N) is 2. The highest BCUT2D eigenvalue weighted by molar-refractivity contribution is 7.80. The van der Waals surface area contributed by atoms with Crippen LogP contribution >= 0.6 is 35.4 Å². The first-order valence-electron chi connectivity index (χ1n) is 6.59. The van der Waals surface area contributed by atoms with Crippen LogP contribution in [0, 0.1) is 0 Å². The molecule has 0 saturated heterocycles. The maximum Gasteiger partial charge on any atom is 0.175 e. The van der Waals surface area contributed by atoms with E-state index in [9.17, 15) is 0 Å². The number of anilines is 2. The summed E-state index contributed by atoms with van der Waals surface area (Å²) in [5.41, 5.74) is 2.88. The minimum absolute atomic E-state index is 0.458. The quantitative estimate of drug-likeness (QED) is 0.678. The lowest BCUT2D eigenvalue weighted by Crippen LogP contribution is -2.19. The van der Waals surface area contributed by atoms with E-state index in [4.69, 9.17) is 35.4 Å². The predicted octanol–water partition coefficient (Wildman–Crippen LogP) is 5.93. The van der Waals surface area contributed by atoms with E-state index in [1.165, 1.54) is 5.56 Å². The largest absolute Gasteiger partial charge is 0.332 e. The van der Waals surface area contributed by atoms with Crippen molar-refractivity contribution in [3.05, 3.63) is 58.1 Å². The van der Waals surface area contributed by atoms with E-state index in [-0.39, 0.29) is 0 Å². The zero-order valence-corrected chi connectivity index (χ0v) is 14.1. The number of thiocarbonyl (C=S) groups is 1. The van der Waals surface area contributed by atoms with Gasteiger partial charge >= 0.3 is 0 Å². The predicted molar refractivity (Wildman–Crippen MR) is 96.8 cm³/mol. The zero-order chi connectivity index (χ0) is 15.4. The summed E-state index contributed by atoms with van der Waals surface area (Å²) in [6.45, 7) is 4.31. The van der Waals surface area contributed by atoms with Crippen molar-refractivity contribution in [3.8, 4) is 0 Å². The van der Waals surface area contributed by atoms with Crippen molar-refractivity contribution in [3.63, 3.8) is 0 Å². The summed E-state index contributed by atoms with van der Waals surface area (Å²) in [5, 5.41) is 7.62. The molecule has 21 heavy (non-hydrogen) atoms. The van der Waals surface area contributed by atoms with Gasteiger partial charge in [-0.15, -0.1) is 0 Å². The minimum atomic E-state index is 0.458. The molecule has 0 heterocycles. The molecule has 0 aliphatic heterocycles. The molecule has 2 rings (SSSR count). The van der Waals surface area contributed by atoms with E-state index in [1.807, 2.05) is 24.3 Å². The maximum atomic E-state index is 6.13. The molecule has 0 atom stereocenters. The molecule has 0 aliphatic rings. The molecular weight excluding hydrogens is 323 g/mol. The first-order valence-corrected chi connectivity index (χ1v) is 7.76. The molecule has 0 fully saturated rings. The third kappa shape index (κ3) is 4.34. The lowest BCUT2D eigenvalue weighted by molar-refractivity contribution is 0.867. The molecule has 2 aromatic rings. The molecule has 0 radical (unpaired) electrons. The molecule has 0 aliphatic carbocycles. The summed E-state index contributed by atoms with van der Waals surface area (Å²) in [5.74, 6) is 0.468. The van der Waals surface area contributed by atoms with Crippen LogP contribution in [0.15, 0.2) is 42.5 Å². The summed E-state index contributed by atoms with van der Waals surface area (Å²) >= 11 is 17.4. The second-order valence-electron chi connectivity index (χ2n) is 4.96. The molecule has 2 N–H and O–H groups in total. The summed E-state index contributed by atoms with van der Waals surface area (Å²) in [7, 11) is 0. The van der Waals surface area contributed by atoms with Gasteiger partial charge in [0.15, 0.2) is 5.11 Å². The molecular formula is C16H16Cl2N2S. The fourth-order valence-corrected chi connectivity index (χ4v) is 2.44. The lowest BCUT2D eigenvalue weighted by atomic mass is 10.0. The Morgan fingerprint density at radius 3 is 2.48 bits per heavy atom. The van der Waals surface area contributed by atoms with Gasteiger partial charge in [-0.2, -0.15) is 0 Å². The van der Waals surface area contributed by atoms with Gasteiger partial charge in [-0.05, 0) is 48.0 Å². The van der Waals surface area contributed by atoms with Crippen LogP contribution in [-0.2, 0) is 0 Å². The van der Waals surface area contributed by atoms with Crippen molar-refractivity contribution in [1.29, 1.82) is 0 Å². The number of halogens is 2. The van der Waals surface area contributed by atoms with Gasteiger partial charge in [0.1, 0.15) is 0 Å². The van der Waals surface area contributed by atoms with Gasteiger partial charge in [0, 0.05) is 5.69 Å². The summed E-state index contributed by atoms with van der Waals surface area (Å²) in [6.07, 6.45) is 0. The second kappa shape index (κ2) is 7.12. The SMILES string of the molecule is CC(C)c1cccc(NC(=S)Nc2cccc(Cl)c2Cl)c1. The number of benzene rings is 2. The molecule has 110 valence electrons. The van der Waals surface area contributed by atoms with Crippen LogP contribution in [0.5, 0.6) is 0 Å². The summed E-state index contributed by atoms with van der Waals surface area (Å²) in [4.78, 5) is 0. The molecule has 0 bridgehead atoms. The van der Waals surface area contributed by atoms with Crippen LogP contribution in [0.3, 0.4) is 0 Å². The fraction of sp³-hybridized carbons (Fsp3) is 0.188. The number of rotatable bonds is 3. The van der Waals surface area contributed by atoms with Gasteiger partial charge in [-0.25, -0.2) is 0 Å². The van der Waals surface area contributed by atoms with E-state index < -0.39 is 0 Å². The molecule has 0 saturated carbocycles. The number of hydrogen-bond donors (Lipinski definition) is 2. The molecule has 0 spiro atoms. The Morgan fingerprint density at radius 2 is 1.76 bits per heavy atom. The van der Waals surface area contributed by atoms with Crippen LogP contribution in [0.25, 0.3) is 0 Å². The summed E-state index contributed by atoms with van der Waals surface area (Å²) in [6, 6.07) is 13.5. The molecule has 0 unspecified atom stereocenters. The van der Waals surface area contributed by atoms with E-state index in [0.717, 1.165) is 5.69 Å². The fourth-order valence-electron chi connectivity index (χ4n) is 1.86. The average Bonchev–Trinajstić information content (AvgIpc) is 2.44. The van der Waals surface area contributed by atoms with Crippen molar-refractivity contribution in [2.45, 2.75) is 19.8 Å². The molecule has 0 aromatic heterocycles. The molecule has 5 heteroatoms. The van der Waals surface area contributed by atoms with Crippen LogP contribution in [0.1, 0.15) is 25.3 Å². The Bertz CT molecular complexity index is 656. The highest BCUT2D eigenvalue weighted by Gasteiger charge is 2.07. The van der Waals surface area contributed by atoms with Crippen LogP contribution < -0.4 is 10.6 Å². The van der Waals surface area contributed by atoms with Crippen molar-refractivity contribution < 1.29 is 0 Å². The third-order valence-corrected chi connectivity index (χ3v) is 4.03.